The molecular formula is C46H78N2O34. The van der Waals surface area contributed by atoms with Gasteiger partial charge in [-0.05, 0) is 13.8 Å². The quantitative estimate of drug-likeness (QED) is 0.0571. The zero-order valence-electron chi connectivity index (χ0n) is 44.4. The first kappa shape index (κ1) is 67.2. The third-order valence-corrected chi connectivity index (χ3v) is 15.3. The summed E-state index contributed by atoms with van der Waals surface area (Å²) in [6.45, 7) is -0.0406. The topological polar surface area (TPSA) is 563 Å². The molecule has 0 aromatic heterocycles. The highest BCUT2D eigenvalue weighted by molar-refractivity contribution is 5.73. The van der Waals surface area contributed by atoms with Crippen molar-refractivity contribution in [2.45, 2.75) is 243 Å². The van der Waals surface area contributed by atoms with Gasteiger partial charge in [-0.25, -0.2) is 0 Å². The van der Waals surface area contributed by atoms with E-state index in [1.807, 2.05) is 0 Å². The zero-order valence-corrected chi connectivity index (χ0v) is 44.4. The van der Waals surface area contributed by atoms with Crippen LogP contribution in [0, 0.1) is 0 Å². The van der Waals surface area contributed by atoms with E-state index in [1.165, 1.54) is 13.8 Å². The SMILES string of the molecule is CC(=O)N[C@H]1[C@H](OC[C@H]2O[C@H](O)[C@@H](O[C@@H]3O[C@H](CO)[C@@H](O[C@@H]4O[C@H](CO)[C@H](O)[C@H](O)[C@H]4O[C@@H]4O[C@@H](C)[C@@H](O)[C@@H](O)[C@@H]4O)[C@H](O)[C@H]3NC(C)=O)[C@@H](O)[C@@H]2O)O[C@H](CO)[C@@H](O[C@@H]2O[C@H](CO)[C@H](O)[C@H](O)[C@H]2O[C@@H]2O[C@@H](C)[C@@H](O)[C@@H](O)[C@@H]2O)[C@@H]1O. The van der Waals surface area contributed by atoms with E-state index in [9.17, 15) is 107 Å². The molecule has 476 valence electrons. The van der Waals surface area contributed by atoms with Crippen LogP contribution in [0.2, 0.25) is 0 Å². The van der Waals surface area contributed by atoms with E-state index in [1.54, 1.807) is 0 Å². The molecule has 0 saturated carbocycles. The lowest BCUT2D eigenvalue weighted by Crippen LogP contribution is -2.70. The van der Waals surface area contributed by atoms with Gasteiger partial charge in [-0.1, -0.05) is 0 Å². The number of aliphatic hydroxyl groups is 19. The molecule has 36 nitrogen and oxygen atoms in total. The smallest absolute Gasteiger partial charge is 0.217 e. The Bertz CT molecular complexity index is 2030. The van der Waals surface area contributed by atoms with Gasteiger partial charge in [0, 0.05) is 13.8 Å². The van der Waals surface area contributed by atoms with Crippen LogP contribution in [-0.2, 0) is 71.2 Å². The molecule has 0 bridgehead atoms. The number of carbonyl (C=O) groups is 2. The Kier molecular flexibility index (Phi) is 23.5. The number of aliphatic hydroxyl groups excluding tert-OH is 19. The fourth-order valence-electron chi connectivity index (χ4n) is 10.5. The van der Waals surface area contributed by atoms with E-state index in [2.05, 4.69) is 10.6 Å². The van der Waals surface area contributed by atoms with Crippen molar-refractivity contribution in [3.63, 3.8) is 0 Å². The number of hydrogen-bond acceptors (Lipinski definition) is 34. The van der Waals surface area contributed by atoms with Crippen LogP contribution in [0.5, 0.6) is 0 Å². The van der Waals surface area contributed by atoms with E-state index in [-0.39, 0.29) is 0 Å². The van der Waals surface area contributed by atoms with Gasteiger partial charge < -0.3 is 169 Å². The lowest BCUT2D eigenvalue weighted by atomic mass is 9.94. The number of carbonyl (C=O) groups excluding carboxylic acids is 2. The second-order valence-corrected chi connectivity index (χ2v) is 21.0. The Morgan fingerprint density at radius 2 is 0.683 bits per heavy atom. The molecular weight excluding hydrogens is 1120 g/mol. The summed E-state index contributed by atoms with van der Waals surface area (Å²) in [5.74, 6) is -1.65. The van der Waals surface area contributed by atoms with Crippen LogP contribution >= 0.6 is 0 Å². The van der Waals surface area contributed by atoms with Crippen LogP contribution in [0.3, 0.4) is 0 Å². The Morgan fingerprint density at radius 3 is 1.09 bits per heavy atom. The maximum Gasteiger partial charge on any atom is 0.217 e. The van der Waals surface area contributed by atoms with Crippen molar-refractivity contribution < 1.29 is 168 Å². The van der Waals surface area contributed by atoms with Crippen LogP contribution in [0.1, 0.15) is 27.7 Å². The number of hydrogen-bond donors (Lipinski definition) is 21. The fourth-order valence-corrected chi connectivity index (χ4v) is 10.5. The molecule has 0 radical (unpaired) electrons. The molecule has 0 aliphatic carbocycles. The molecule has 7 fully saturated rings. The van der Waals surface area contributed by atoms with Gasteiger partial charge in [0.05, 0.1) is 45.2 Å². The van der Waals surface area contributed by atoms with E-state index in [0.717, 1.165) is 13.8 Å². The van der Waals surface area contributed by atoms with Crippen LogP contribution in [-0.4, -0.2) is 357 Å². The summed E-state index contributed by atoms with van der Waals surface area (Å²) in [5, 5.41) is 210. The third-order valence-electron chi connectivity index (χ3n) is 15.3. The summed E-state index contributed by atoms with van der Waals surface area (Å²) in [6, 6.07) is -3.44. The minimum absolute atomic E-state index is 0.804. The third kappa shape index (κ3) is 14.3. The summed E-state index contributed by atoms with van der Waals surface area (Å²) >= 11 is 0. The van der Waals surface area contributed by atoms with Crippen molar-refractivity contribution >= 4 is 11.8 Å². The lowest BCUT2D eigenvalue weighted by molar-refractivity contribution is -0.390. The minimum atomic E-state index is -2.24. The Hall–Kier alpha value is -2.34. The average Bonchev–Trinajstić information content (AvgIpc) is 3.54. The highest BCUT2D eigenvalue weighted by Crippen LogP contribution is 2.37. The lowest BCUT2D eigenvalue weighted by Gasteiger charge is -2.50. The molecule has 2 amide bonds. The van der Waals surface area contributed by atoms with Gasteiger partial charge >= 0.3 is 0 Å². The van der Waals surface area contributed by atoms with Crippen LogP contribution in [0.4, 0.5) is 0 Å². The summed E-state index contributed by atoms with van der Waals surface area (Å²) in [4.78, 5) is 25.1. The van der Waals surface area contributed by atoms with E-state index in [0.29, 0.717) is 0 Å². The monoisotopic (exact) mass is 1200 g/mol. The molecule has 82 heavy (non-hydrogen) atoms. The van der Waals surface area contributed by atoms with Crippen molar-refractivity contribution in [1.29, 1.82) is 0 Å². The summed E-state index contributed by atoms with van der Waals surface area (Å²) < 4.78 is 74.7. The van der Waals surface area contributed by atoms with Crippen molar-refractivity contribution in [2.24, 2.45) is 0 Å². The van der Waals surface area contributed by atoms with Crippen molar-refractivity contribution in [1.82, 2.24) is 10.6 Å². The summed E-state index contributed by atoms with van der Waals surface area (Å²) in [5.41, 5.74) is 0. The first-order valence-electron chi connectivity index (χ1n) is 26.3. The molecule has 0 aromatic rings. The predicted molar refractivity (Wildman–Crippen MR) is 252 cm³/mol. The van der Waals surface area contributed by atoms with Gasteiger partial charge in [0.25, 0.3) is 0 Å². The molecule has 7 rings (SSSR count). The van der Waals surface area contributed by atoms with Crippen molar-refractivity contribution in [3.8, 4) is 0 Å². The summed E-state index contributed by atoms with van der Waals surface area (Å²) in [6.07, 6.45) is -60.2. The van der Waals surface area contributed by atoms with E-state index >= 15 is 0 Å². The Labute approximate surface area is 465 Å². The van der Waals surface area contributed by atoms with E-state index < -0.39 is 260 Å². The minimum Gasteiger partial charge on any atom is -0.394 e. The molecule has 21 N–H and O–H groups in total. The maximum atomic E-state index is 12.6. The van der Waals surface area contributed by atoms with Gasteiger partial charge in [-0.3, -0.25) is 9.59 Å². The number of amides is 2. The van der Waals surface area contributed by atoms with Crippen molar-refractivity contribution in [2.75, 3.05) is 33.0 Å². The molecule has 36 heteroatoms. The average molecular weight is 1200 g/mol. The fraction of sp³-hybridized carbons (Fsp3) is 0.957. The molecule has 7 aliphatic heterocycles. The van der Waals surface area contributed by atoms with Gasteiger partial charge in [0.15, 0.2) is 44.0 Å². The van der Waals surface area contributed by atoms with Crippen LogP contribution in [0.25, 0.3) is 0 Å². The zero-order chi connectivity index (χ0) is 60.5. The highest BCUT2D eigenvalue weighted by atomic mass is 16.8. The molecule has 0 unspecified atom stereocenters. The van der Waals surface area contributed by atoms with Gasteiger partial charge in [-0.2, -0.15) is 0 Å². The first-order valence-corrected chi connectivity index (χ1v) is 26.3. The van der Waals surface area contributed by atoms with Crippen molar-refractivity contribution in [3.05, 3.63) is 0 Å². The van der Waals surface area contributed by atoms with Crippen LogP contribution < -0.4 is 10.6 Å². The predicted octanol–water partition coefficient (Wildman–Crippen LogP) is -13.9. The molecule has 7 aliphatic rings. The molecule has 7 heterocycles. The van der Waals surface area contributed by atoms with Gasteiger partial charge in [0.1, 0.15) is 159 Å². The number of rotatable bonds is 19. The van der Waals surface area contributed by atoms with Gasteiger partial charge in [-0.15, -0.1) is 0 Å². The van der Waals surface area contributed by atoms with E-state index in [4.69, 9.17) is 61.6 Å². The Morgan fingerprint density at radius 1 is 0.341 bits per heavy atom. The van der Waals surface area contributed by atoms with Gasteiger partial charge in [0.2, 0.25) is 11.8 Å². The number of nitrogens with one attached hydrogen (secondary N) is 2. The van der Waals surface area contributed by atoms with Crippen LogP contribution in [0.15, 0.2) is 0 Å². The molecule has 0 spiro atoms. The first-order chi connectivity index (χ1) is 38.7. The molecule has 7 saturated heterocycles. The second-order valence-electron chi connectivity index (χ2n) is 21.0. The second kappa shape index (κ2) is 28.7. The summed E-state index contributed by atoms with van der Waals surface area (Å²) in [7, 11) is 0. The number of ether oxygens (including phenoxy) is 13. The molecule has 0 aromatic carbocycles. The maximum absolute atomic E-state index is 12.6. The Balaban J connectivity index is 1.02. The molecule has 35 atom stereocenters. The normalized spacial score (nSPS) is 51.3. The largest absolute Gasteiger partial charge is 0.394 e. The standard InChI is InChI=1S/C46H78N2O34/c1-10-21(55)28(62)33(67)43(71-10)81-38-31(65)23(57)14(5-49)74-45(38)78-35-16(7-51)76-41(19(26(35)60)47-12(3)53)70-9-18-25(59)30(64)37(40(69)73-18)80-42-20(48-13(4)54)27(61)36(17(8-52)77-42)79-46-39(32(66)24(58)15(6-50)75-46)82-44-34(68)29(63)22(56)11(2)72-44/h10-11,14-46,49-52,55-69H,5-9H2,1-4H3,(H,47,53)(H,48,54)/t10-,11-,14+,15+,16+,17+,18+,19+,20+,21+,22+,23-,24-,25+,26+,27+,28+,29+,30-,31-,32-,33-,34-,35+,36+,37-,38+,39+,40-,41+,42-,43-,44-,45-,46-/m0/s1. The highest BCUT2D eigenvalue weighted by Gasteiger charge is 2.58.